The average Bonchev–Trinajstić information content (AvgIpc) is 2.47. The molecule has 2 nitrogen and oxygen atoms in total. The Balaban J connectivity index is 2.21. The van der Waals surface area contributed by atoms with Crippen molar-refractivity contribution in [3.8, 4) is 0 Å². The zero-order chi connectivity index (χ0) is 15.2. The Kier molecular flexibility index (Phi) is 6.09. The van der Waals surface area contributed by atoms with Gasteiger partial charge in [0.25, 0.3) is 0 Å². The number of rotatable bonds is 6. The topological polar surface area (TPSA) is 15.3 Å². The van der Waals surface area contributed by atoms with Crippen LogP contribution in [0.2, 0.25) is 5.02 Å². The third-order valence-electron chi connectivity index (χ3n) is 3.35. The SMILES string of the molecule is CCNCc1cccc(Cl)c1N(C)Cc1ccc(Br)cc1. The van der Waals surface area contributed by atoms with Crippen LogP contribution in [0.15, 0.2) is 46.9 Å². The minimum atomic E-state index is 0.796. The van der Waals surface area contributed by atoms with Gasteiger partial charge in [0.2, 0.25) is 0 Å². The zero-order valence-corrected chi connectivity index (χ0v) is 14.7. The summed E-state index contributed by atoms with van der Waals surface area (Å²) in [6.07, 6.45) is 0. The van der Waals surface area contributed by atoms with Gasteiger partial charge in [-0.15, -0.1) is 0 Å². The number of hydrogen-bond donors (Lipinski definition) is 1. The minimum absolute atomic E-state index is 0.796. The van der Waals surface area contributed by atoms with E-state index in [4.69, 9.17) is 11.6 Å². The molecule has 0 radical (unpaired) electrons. The highest BCUT2D eigenvalue weighted by atomic mass is 79.9. The van der Waals surface area contributed by atoms with E-state index in [0.717, 1.165) is 34.8 Å². The van der Waals surface area contributed by atoms with Gasteiger partial charge in [0.05, 0.1) is 10.7 Å². The summed E-state index contributed by atoms with van der Waals surface area (Å²) in [5.41, 5.74) is 3.59. The van der Waals surface area contributed by atoms with Crippen LogP contribution in [0.5, 0.6) is 0 Å². The number of anilines is 1. The first-order valence-electron chi connectivity index (χ1n) is 7.05. The molecule has 0 bridgehead atoms. The first-order valence-corrected chi connectivity index (χ1v) is 8.22. The third kappa shape index (κ3) is 4.47. The standard InChI is InChI=1S/C17H20BrClN2/c1-3-20-11-14-5-4-6-16(19)17(14)21(2)12-13-7-9-15(18)10-8-13/h4-10,20H,3,11-12H2,1-2H3. The predicted octanol–water partition coefficient (Wildman–Crippen LogP) is 4.85. The third-order valence-corrected chi connectivity index (χ3v) is 4.18. The Morgan fingerprint density at radius 1 is 1.14 bits per heavy atom. The van der Waals surface area contributed by atoms with Crippen molar-refractivity contribution in [1.82, 2.24) is 5.32 Å². The quantitative estimate of drug-likeness (QED) is 0.785. The summed E-state index contributed by atoms with van der Waals surface area (Å²) >= 11 is 9.88. The van der Waals surface area contributed by atoms with Gasteiger partial charge in [0, 0.05) is 24.6 Å². The molecule has 0 saturated carbocycles. The summed E-state index contributed by atoms with van der Waals surface area (Å²) in [7, 11) is 2.08. The Morgan fingerprint density at radius 3 is 2.52 bits per heavy atom. The number of halogens is 2. The van der Waals surface area contributed by atoms with Crippen molar-refractivity contribution in [2.75, 3.05) is 18.5 Å². The van der Waals surface area contributed by atoms with Crippen LogP contribution in [0.3, 0.4) is 0 Å². The summed E-state index contributed by atoms with van der Waals surface area (Å²) < 4.78 is 1.10. The van der Waals surface area contributed by atoms with Crippen LogP contribution < -0.4 is 10.2 Å². The van der Waals surface area contributed by atoms with Gasteiger partial charge >= 0.3 is 0 Å². The second-order valence-electron chi connectivity index (χ2n) is 5.01. The molecule has 0 aliphatic carbocycles. The van der Waals surface area contributed by atoms with E-state index in [1.165, 1.54) is 11.1 Å². The fraction of sp³-hybridized carbons (Fsp3) is 0.294. The van der Waals surface area contributed by atoms with Crippen LogP contribution in [0.4, 0.5) is 5.69 Å². The van der Waals surface area contributed by atoms with E-state index in [1.54, 1.807) is 0 Å². The molecule has 1 N–H and O–H groups in total. The second-order valence-corrected chi connectivity index (χ2v) is 6.33. The number of benzene rings is 2. The summed E-state index contributed by atoms with van der Waals surface area (Å²) in [5, 5.41) is 4.16. The fourth-order valence-corrected chi connectivity index (χ4v) is 2.94. The molecule has 112 valence electrons. The van der Waals surface area contributed by atoms with Crippen molar-refractivity contribution >= 4 is 33.2 Å². The van der Waals surface area contributed by atoms with Crippen molar-refractivity contribution in [2.45, 2.75) is 20.0 Å². The van der Waals surface area contributed by atoms with Crippen LogP contribution in [-0.2, 0) is 13.1 Å². The molecular formula is C17H20BrClN2. The molecule has 0 unspecified atom stereocenters. The Bertz CT molecular complexity index is 584. The van der Waals surface area contributed by atoms with E-state index < -0.39 is 0 Å². The molecule has 2 rings (SSSR count). The van der Waals surface area contributed by atoms with E-state index in [1.807, 2.05) is 12.1 Å². The van der Waals surface area contributed by atoms with Gasteiger partial charge in [0.1, 0.15) is 0 Å². The van der Waals surface area contributed by atoms with Gasteiger partial charge in [-0.3, -0.25) is 0 Å². The first kappa shape index (κ1) is 16.3. The second kappa shape index (κ2) is 7.83. The first-order chi connectivity index (χ1) is 10.1. The number of nitrogens with one attached hydrogen (secondary N) is 1. The highest BCUT2D eigenvalue weighted by Gasteiger charge is 2.12. The van der Waals surface area contributed by atoms with Crippen molar-refractivity contribution < 1.29 is 0 Å². The molecule has 0 saturated heterocycles. The molecule has 0 amide bonds. The average molecular weight is 368 g/mol. The Labute approximate surface area is 140 Å². The monoisotopic (exact) mass is 366 g/mol. The van der Waals surface area contributed by atoms with E-state index in [-0.39, 0.29) is 0 Å². The fourth-order valence-electron chi connectivity index (χ4n) is 2.33. The molecule has 0 heterocycles. The number of nitrogens with zero attached hydrogens (tertiary/aromatic N) is 1. The maximum atomic E-state index is 6.42. The summed E-state index contributed by atoms with van der Waals surface area (Å²) in [6, 6.07) is 14.5. The lowest BCUT2D eigenvalue weighted by Crippen LogP contribution is -2.21. The maximum Gasteiger partial charge on any atom is 0.0642 e. The highest BCUT2D eigenvalue weighted by Crippen LogP contribution is 2.30. The Morgan fingerprint density at radius 2 is 1.86 bits per heavy atom. The molecule has 2 aromatic carbocycles. The van der Waals surface area contributed by atoms with E-state index in [9.17, 15) is 0 Å². The lowest BCUT2D eigenvalue weighted by molar-refractivity contribution is 0.723. The van der Waals surface area contributed by atoms with E-state index in [2.05, 4.69) is 70.4 Å². The van der Waals surface area contributed by atoms with Crippen LogP contribution in [-0.4, -0.2) is 13.6 Å². The van der Waals surface area contributed by atoms with Crippen molar-refractivity contribution in [1.29, 1.82) is 0 Å². The summed E-state index contributed by atoms with van der Waals surface area (Å²) in [6.45, 7) is 4.71. The molecule has 21 heavy (non-hydrogen) atoms. The minimum Gasteiger partial charge on any atom is -0.369 e. The normalized spacial score (nSPS) is 10.7. The molecule has 4 heteroatoms. The van der Waals surface area contributed by atoms with Gasteiger partial charge in [0.15, 0.2) is 0 Å². The predicted molar refractivity (Wildman–Crippen MR) is 95.1 cm³/mol. The molecule has 0 aliphatic heterocycles. The van der Waals surface area contributed by atoms with Crippen LogP contribution in [0.1, 0.15) is 18.1 Å². The molecule has 0 atom stereocenters. The highest BCUT2D eigenvalue weighted by molar-refractivity contribution is 9.10. The molecule has 2 aromatic rings. The largest absolute Gasteiger partial charge is 0.369 e. The zero-order valence-electron chi connectivity index (χ0n) is 12.4. The molecule has 0 aromatic heterocycles. The number of para-hydroxylation sites is 1. The molecule has 0 fully saturated rings. The lowest BCUT2D eigenvalue weighted by Gasteiger charge is -2.24. The molecule has 0 spiro atoms. The smallest absolute Gasteiger partial charge is 0.0642 e. The van der Waals surface area contributed by atoms with Gasteiger partial charge in [-0.2, -0.15) is 0 Å². The van der Waals surface area contributed by atoms with E-state index >= 15 is 0 Å². The number of hydrogen-bond acceptors (Lipinski definition) is 2. The van der Waals surface area contributed by atoms with E-state index in [0.29, 0.717) is 0 Å². The van der Waals surface area contributed by atoms with Gasteiger partial charge in [-0.1, -0.05) is 58.7 Å². The van der Waals surface area contributed by atoms with Crippen molar-refractivity contribution in [3.05, 3.63) is 63.1 Å². The lowest BCUT2D eigenvalue weighted by atomic mass is 10.1. The van der Waals surface area contributed by atoms with Crippen molar-refractivity contribution in [2.24, 2.45) is 0 Å². The van der Waals surface area contributed by atoms with Gasteiger partial charge < -0.3 is 10.2 Å². The molecular weight excluding hydrogens is 348 g/mol. The summed E-state index contributed by atoms with van der Waals surface area (Å²) in [5.74, 6) is 0. The van der Waals surface area contributed by atoms with Crippen LogP contribution in [0.25, 0.3) is 0 Å². The van der Waals surface area contributed by atoms with Gasteiger partial charge in [-0.25, -0.2) is 0 Å². The summed E-state index contributed by atoms with van der Waals surface area (Å²) in [4.78, 5) is 2.21. The van der Waals surface area contributed by atoms with Crippen LogP contribution in [0, 0.1) is 0 Å². The van der Waals surface area contributed by atoms with Gasteiger partial charge in [-0.05, 0) is 35.9 Å². The van der Waals surface area contributed by atoms with Crippen LogP contribution >= 0.6 is 27.5 Å². The molecule has 0 aliphatic rings. The van der Waals surface area contributed by atoms with Crippen molar-refractivity contribution in [3.63, 3.8) is 0 Å². The Hall–Kier alpha value is -1.03. The maximum absolute atomic E-state index is 6.42.